The molecule has 0 N–H and O–H groups in total. The maximum absolute atomic E-state index is 10.8. The summed E-state index contributed by atoms with van der Waals surface area (Å²) in [4.78, 5) is 10.8. The molecule has 0 aliphatic heterocycles. The predicted molar refractivity (Wildman–Crippen MR) is 101 cm³/mol. The van der Waals surface area contributed by atoms with Crippen molar-refractivity contribution in [2.24, 2.45) is 5.92 Å². The number of hydrogen-bond acceptors (Lipinski definition) is 1. The summed E-state index contributed by atoms with van der Waals surface area (Å²) < 4.78 is 0. The van der Waals surface area contributed by atoms with Crippen LogP contribution in [0.1, 0.15) is 60.9 Å². The van der Waals surface area contributed by atoms with Crippen LogP contribution in [-0.2, 0) is 0 Å². The van der Waals surface area contributed by atoms with Crippen LogP contribution in [0.2, 0.25) is 0 Å². The molecule has 0 saturated heterocycles. The van der Waals surface area contributed by atoms with E-state index in [1.807, 2.05) is 24.3 Å². The number of carbonyl (C=O) groups is 1. The first-order valence-electron chi connectivity index (χ1n) is 9.12. The smallest absolute Gasteiger partial charge is 0.150 e. The van der Waals surface area contributed by atoms with Gasteiger partial charge in [-0.15, -0.1) is 0 Å². The summed E-state index contributed by atoms with van der Waals surface area (Å²) in [6.45, 7) is 2.20. The Morgan fingerprint density at radius 2 is 1.46 bits per heavy atom. The van der Waals surface area contributed by atoms with Crippen molar-refractivity contribution in [3.63, 3.8) is 0 Å². The molecule has 0 radical (unpaired) electrons. The van der Waals surface area contributed by atoms with Crippen LogP contribution in [-0.4, -0.2) is 6.29 Å². The summed E-state index contributed by atoms with van der Waals surface area (Å²) in [7, 11) is 0. The second-order valence-electron chi connectivity index (χ2n) is 6.81. The highest BCUT2D eigenvalue weighted by Gasteiger charge is 2.20. The Labute approximate surface area is 145 Å². The fraction of sp³-hybridized carbons (Fsp3) is 0.348. The second kappa shape index (κ2) is 8.10. The van der Waals surface area contributed by atoms with E-state index in [2.05, 4.69) is 43.3 Å². The number of aldehydes is 1. The van der Waals surface area contributed by atoms with Crippen LogP contribution in [0.15, 0.2) is 60.7 Å². The maximum Gasteiger partial charge on any atom is 0.150 e. The lowest BCUT2D eigenvalue weighted by Crippen LogP contribution is -2.11. The summed E-state index contributed by atoms with van der Waals surface area (Å²) >= 11 is 0. The minimum Gasteiger partial charge on any atom is -0.298 e. The molecular formula is C23H26O. The number of rotatable bonds is 5. The lowest BCUT2D eigenvalue weighted by molar-refractivity contribution is 0.112. The zero-order chi connectivity index (χ0) is 16.8. The van der Waals surface area contributed by atoms with Gasteiger partial charge in [0, 0.05) is 5.56 Å². The minimum absolute atomic E-state index is 0.711. The van der Waals surface area contributed by atoms with Gasteiger partial charge in [-0.05, 0) is 60.6 Å². The fourth-order valence-electron chi connectivity index (χ4n) is 3.68. The fourth-order valence-corrected chi connectivity index (χ4v) is 3.68. The number of carbonyl (C=O) groups excluding carboxylic acids is 1. The third-order valence-corrected chi connectivity index (χ3v) is 5.18. The number of allylic oxidation sites excluding steroid dienone is 2. The van der Waals surface area contributed by atoms with Gasteiger partial charge in [0.15, 0.2) is 0 Å². The summed E-state index contributed by atoms with van der Waals surface area (Å²) in [5.41, 5.74) is 4.58. The van der Waals surface area contributed by atoms with E-state index in [1.54, 1.807) is 0 Å². The molecule has 0 spiro atoms. The van der Waals surface area contributed by atoms with Crippen molar-refractivity contribution >= 4 is 6.29 Å². The quantitative estimate of drug-likeness (QED) is 0.460. The Kier molecular flexibility index (Phi) is 5.63. The van der Waals surface area contributed by atoms with Crippen LogP contribution >= 0.6 is 0 Å². The highest BCUT2D eigenvalue weighted by Crippen LogP contribution is 2.37. The second-order valence-corrected chi connectivity index (χ2v) is 6.81. The van der Waals surface area contributed by atoms with Gasteiger partial charge in [-0.3, -0.25) is 4.79 Å². The molecule has 0 heterocycles. The van der Waals surface area contributed by atoms with Gasteiger partial charge in [-0.2, -0.15) is 0 Å². The van der Waals surface area contributed by atoms with Crippen molar-refractivity contribution in [3.8, 4) is 11.1 Å². The van der Waals surface area contributed by atoms with Crippen LogP contribution in [0.5, 0.6) is 0 Å². The average Bonchev–Trinajstić information content (AvgIpc) is 2.67. The Hall–Kier alpha value is -2.15. The summed E-state index contributed by atoms with van der Waals surface area (Å²) in [5.74, 6) is 1.50. The molecule has 1 aliphatic rings. The zero-order valence-corrected chi connectivity index (χ0v) is 14.4. The highest BCUT2D eigenvalue weighted by atomic mass is 16.1. The lowest BCUT2D eigenvalue weighted by Gasteiger charge is -2.27. The van der Waals surface area contributed by atoms with Crippen molar-refractivity contribution in [3.05, 3.63) is 71.8 Å². The van der Waals surface area contributed by atoms with Gasteiger partial charge >= 0.3 is 0 Å². The first-order valence-corrected chi connectivity index (χ1v) is 9.12. The molecule has 124 valence electrons. The van der Waals surface area contributed by atoms with Crippen molar-refractivity contribution < 1.29 is 4.79 Å². The average molecular weight is 318 g/mol. The van der Waals surface area contributed by atoms with E-state index in [0.717, 1.165) is 24.2 Å². The van der Waals surface area contributed by atoms with Crippen LogP contribution < -0.4 is 0 Å². The monoisotopic (exact) mass is 318 g/mol. The van der Waals surface area contributed by atoms with Crippen LogP contribution in [0.4, 0.5) is 0 Å². The van der Waals surface area contributed by atoms with E-state index in [9.17, 15) is 4.79 Å². The topological polar surface area (TPSA) is 17.1 Å². The molecule has 1 heteroatoms. The van der Waals surface area contributed by atoms with Crippen LogP contribution in [0.25, 0.3) is 11.1 Å². The van der Waals surface area contributed by atoms with Gasteiger partial charge in [0.25, 0.3) is 0 Å². The third-order valence-electron chi connectivity index (χ3n) is 5.18. The van der Waals surface area contributed by atoms with E-state index in [-0.39, 0.29) is 0 Å². The van der Waals surface area contributed by atoms with Crippen LogP contribution in [0, 0.1) is 5.92 Å². The van der Waals surface area contributed by atoms with E-state index in [4.69, 9.17) is 0 Å². The van der Waals surface area contributed by atoms with Gasteiger partial charge in [0.2, 0.25) is 0 Å². The first kappa shape index (κ1) is 16.7. The highest BCUT2D eigenvalue weighted by molar-refractivity contribution is 5.76. The molecule has 1 nitrogen and oxygen atoms in total. The Balaban J connectivity index is 1.64. The van der Waals surface area contributed by atoms with E-state index in [0.29, 0.717) is 5.92 Å². The molecule has 24 heavy (non-hydrogen) atoms. The molecule has 1 saturated carbocycles. The van der Waals surface area contributed by atoms with Gasteiger partial charge in [-0.25, -0.2) is 0 Å². The lowest BCUT2D eigenvalue weighted by atomic mass is 9.78. The van der Waals surface area contributed by atoms with E-state index < -0.39 is 0 Å². The van der Waals surface area contributed by atoms with Crippen molar-refractivity contribution in [1.29, 1.82) is 0 Å². The Bertz CT molecular complexity index is 671. The van der Waals surface area contributed by atoms with Crippen molar-refractivity contribution in [1.82, 2.24) is 0 Å². The summed E-state index contributed by atoms with van der Waals surface area (Å²) in [6, 6.07) is 16.8. The molecule has 2 aromatic rings. The van der Waals surface area contributed by atoms with E-state index in [1.165, 1.54) is 42.4 Å². The number of benzene rings is 2. The van der Waals surface area contributed by atoms with Crippen LogP contribution in [0.3, 0.4) is 0 Å². The summed E-state index contributed by atoms with van der Waals surface area (Å²) in [6.07, 6.45) is 12.0. The predicted octanol–water partition coefficient (Wildman–Crippen LogP) is 6.41. The summed E-state index contributed by atoms with van der Waals surface area (Å²) in [5, 5.41) is 0. The van der Waals surface area contributed by atoms with E-state index >= 15 is 0 Å². The van der Waals surface area contributed by atoms with Gasteiger partial charge in [0.05, 0.1) is 0 Å². The number of hydrogen-bond donors (Lipinski definition) is 0. The molecule has 0 atom stereocenters. The third kappa shape index (κ3) is 4.03. The molecule has 2 aromatic carbocycles. The van der Waals surface area contributed by atoms with Gasteiger partial charge < -0.3 is 0 Å². The molecule has 0 aromatic heterocycles. The standard InChI is InChI=1S/C23H26O/c1-2-3-4-18-5-9-20(10-6-18)22-13-15-23(16-14-22)21-11-7-19(17-24)8-12-21/h3-4,7-8,11-18,20H,2,5-6,9-10H2,1H3/t18-,20-. The molecule has 0 unspecified atom stereocenters. The first-order chi connectivity index (χ1) is 11.8. The molecule has 0 bridgehead atoms. The largest absolute Gasteiger partial charge is 0.298 e. The normalized spacial score (nSPS) is 21.0. The molecule has 1 aliphatic carbocycles. The molecule has 1 fully saturated rings. The Morgan fingerprint density at radius 3 is 2.00 bits per heavy atom. The maximum atomic E-state index is 10.8. The molecular weight excluding hydrogens is 292 g/mol. The molecule has 3 rings (SSSR count). The SMILES string of the molecule is CCC=C[C@H]1CC[C@H](c2ccc(-c3ccc(C=O)cc3)cc2)CC1. The van der Waals surface area contributed by atoms with Gasteiger partial charge in [0.1, 0.15) is 6.29 Å². The van der Waals surface area contributed by atoms with Gasteiger partial charge in [-0.1, -0.05) is 67.6 Å². The van der Waals surface area contributed by atoms with Crippen molar-refractivity contribution in [2.75, 3.05) is 0 Å². The molecule has 0 amide bonds. The van der Waals surface area contributed by atoms with Crippen molar-refractivity contribution in [2.45, 2.75) is 44.9 Å². The Morgan fingerprint density at radius 1 is 0.875 bits per heavy atom. The minimum atomic E-state index is 0.711. The zero-order valence-electron chi connectivity index (χ0n) is 14.4.